The normalized spacial score (nSPS) is 23.1. The van der Waals surface area contributed by atoms with E-state index in [0.29, 0.717) is 0 Å². The van der Waals surface area contributed by atoms with Crippen molar-refractivity contribution in [2.45, 2.75) is 12.7 Å². The van der Waals surface area contributed by atoms with Crippen LogP contribution in [0.2, 0.25) is 0 Å². The Morgan fingerprint density at radius 3 is 2.77 bits per heavy atom. The van der Waals surface area contributed by atoms with E-state index in [4.69, 9.17) is 5.14 Å². The van der Waals surface area contributed by atoms with Crippen molar-refractivity contribution in [3.63, 3.8) is 0 Å². The van der Waals surface area contributed by atoms with Crippen LogP contribution in [-0.4, -0.2) is 32.9 Å². The molecule has 0 spiro atoms. The lowest BCUT2D eigenvalue weighted by molar-refractivity contribution is -0.286. The largest absolute Gasteiger partial charge is 0.586 e. The molecule has 0 radical (unpaired) electrons. The molecule has 2 aliphatic heterocycles. The Morgan fingerprint density at radius 1 is 1.36 bits per heavy atom. The number of primary sulfonamides is 1. The van der Waals surface area contributed by atoms with E-state index in [2.05, 4.69) is 9.47 Å². The highest BCUT2D eigenvalue weighted by Gasteiger charge is 2.46. The number of nitrogens with zero attached hydrogens (tertiary/aromatic N) is 1. The smallest absolute Gasteiger partial charge is 0.395 e. The summed E-state index contributed by atoms with van der Waals surface area (Å²) < 4.78 is 57.3. The third-order valence-corrected chi connectivity index (χ3v) is 4.31. The van der Waals surface area contributed by atoms with Gasteiger partial charge in [0.1, 0.15) is 0 Å². The number of carbonyl (C=O) groups excluding carboxylic acids is 1. The summed E-state index contributed by atoms with van der Waals surface area (Å²) in [5.74, 6) is -1.65. The Morgan fingerprint density at radius 2 is 2.09 bits per heavy atom. The molecule has 1 saturated heterocycles. The maximum absolute atomic E-state index is 13.2. The first-order valence-corrected chi connectivity index (χ1v) is 8.06. The third-order valence-electron chi connectivity index (χ3n) is 3.37. The average molecular weight is 334 g/mol. The van der Waals surface area contributed by atoms with Crippen molar-refractivity contribution >= 4 is 21.6 Å². The quantitative estimate of drug-likeness (QED) is 0.875. The highest BCUT2D eigenvalue weighted by Crippen LogP contribution is 2.48. The molecule has 3 rings (SSSR count). The monoisotopic (exact) mass is 334 g/mol. The molecule has 1 aromatic rings. The number of anilines is 1. The molecule has 120 valence electrons. The summed E-state index contributed by atoms with van der Waals surface area (Å²) in [6.45, 7) is 0.0562. The molecular formula is C12H12F2N2O5S. The van der Waals surface area contributed by atoms with Crippen LogP contribution in [0.4, 0.5) is 14.5 Å². The fourth-order valence-corrected chi connectivity index (χ4v) is 3.50. The van der Waals surface area contributed by atoms with E-state index in [1.54, 1.807) is 0 Å². The second-order valence-electron chi connectivity index (χ2n) is 5.18. The van der Waals surface area contributed by atoms with Gasteiger partial charge in [0.15, 0.2) is 11.5 Å². The highest BCUT2D eigenvalue weighted by atomic mass is 32.2. The van der Waals surface area contributed by atoms with E-state index in [1.165, 1.54) is 23.1 Å². The maximum atomic E-state index is 13.2. The van der Waals surface area contributed by atoms with Gasteiger partial charge in [0.2, 0.25) is 15.9 Å². The van der Waals surface area contributed by atoms with Crippen molar-refractivity contribution in [3.05, 3.63) is 18.2 Å². The number of alkyl halides is 2. The van der Waals surface area contributed by atoms with Crippen LogP contribution in [0.25, 0.3) is 0 Å². The van der Waals surface area contributed by atoms with Crippen molar-refractivity contribution in [1.29, 1.82) is 0 Å². The standard InChI is InChI=1S/C12H12F2N2O5S/c13-12(14)20-9-3-1-2-8(11(9)21-12)16-5-7(4-10(16)17)6-22(15,18)19/h1-3,7H,4-6H2,(H2,15,18,19). The van der Waals surface area contributed by atoms with E-state index < -0.39 is 22.2 Å². The minimum absolute atomic E-state index is 0.0304. The van der Waals surface area contributed by atoms with Gasteiger partial charge in [0, 0.05) is 18.9 Å². The summed E-state index contributed by atoms with van der Waals surface area (Å²) in [7, 11) is -3.72. The fraction of sp³-hybridized carbons (Fsp3) is 0.417. The average Bonchev–Trinajstić information content (AvgIpc) is 2.84. The molecular weight excluding hydrogens is 322 g/mol. The van der Waals surface area contributed by atoms with Crippen LogP contribution in [0.1, 0.15) is 6.42 Å². The molecule has 1 fully saturated rings. The molecule has 0 saturated carbocycles. The van der Waals surface area contributed by atoms with E-state index in [9.17, 15) is 22.0 Å². The number of ether oxygens (including phenoxy) is 2. The van der Waals surface area contributed by atoms with E-state index in [-0.39, 0.29) is 41.8 Å². The Labute approximate surface area is 124 Å². The van der Waals surface area contributed by atoms with Crippen molar-refractivity contribution in [1.82, 2.24) is 0 Å². The summed E-state index contributed by atoms with van der Waals surface area (Å²) >= 11 is 0. The minimum atomic E-state index is -3.79. The Kier molecular flexibility index (Phi) is 3.25. The molecule has 1 amide bonds. The van der Waals surface area contributed by atoms with Crippen LogP contribution in [0.3, 0.4) is 0 Å². The topological polar surface area (TPSA) is 98.9 Å². The van der Waals surface area contributed by atoms with Gasteiger partial charge in [-0.2, -0.15) is 0 Å². The van der Waals surface area contributed by atoms with E-state index in [1.807, 2.05) is 0 Å². The van der Waals surface area contributed by atoms with Gasteiger partial charge in [-0.15, -0.1) is 8.78 Å². The predicted octanol–water partition coefficient (Wildman–Crippen LogP) is 0.650. The summed E-state index contributed by atoms with van der Waals surface area (Å²) in [6, 6.07) is 4.17. The first-order valence-electron chi connectivity index (χ1n) is 6.34. The molecule has 1 aromatic carbocycles. The summed E-state index contributed by atoms with van der Waals surface area (Å²) in [6.07, 6.45) is -3.82. The van der Waals surface area contributed by atoms with Gasteiger partial charge in [0.25, 0.3) is 0 Å². The lowest BCUT2D eigenvalue weighted by Gasteiger charge is -2.18. The third kappa shape index (κ3) is 2.83. The number of hydrogen-bond acceptors (Lipinski definition) is 5. The van der Waals surface area contributed by atoms with Crippen LogP contribution in [-0.2, 0) is 14.8 Å². The zero-order valence-electron chi connectivity index (χ0n) is 11.2. The molecule has 7 nitrogen and oxygen atoms in total. The summed E-state index contributed by atoms with van der Waals surface area (Å²) in [5.41, 5.74) is 0.122. The molecule has 1 atom stereocenters. The van der Waals surface area contributed by atoms with Crippen molar-refractivity contribution < 1.29 is 31.5 Å². The summed E-state index contributed by atoms with van der Waals surface area (Å²) in [5, 5.41) is 4.97. The van der Waals surface area contributed by atoms with Crippen LogP contribution in [0, 0.1) is 5.92 Å². The van der Waals surface area contributed by atoms with Crippen molar-refractivity contribution in [2.75, 3.05) is 17.2 Å². The molecule has 2 heterocycles. The van der Waals surface area contributed by atoms with Crippen molar-refractivity contribution in [2.24, 2.45) is 11.1 Å². The van der Waals surface area contributed by atoms with Gasteiger partial charge in [0.05, 0.1) is 11.4 Å². The molecule has 22 heavy (non-hydrogen) atoms. The van der Waals surface area contributed by atoms with Crippen LogP contribution >= 0.6 is 0 Å². The maximum Gasteiger partial charge on any atom is 0.586 e. The van der Waals surface area contributed by atoms with E-state index >= 15 is 0 Å². The number of hydrogen-bond donors (Lipinski definition) is 1. The minimum Gasteiger partial charge on any atom is -0.395 e. The highest BCUT2D eigenvalue weighted by molar-refractivity contribution is 7.89. The molecule has 0 bridgehead atoms. The molecule has 1 unspecified atom stereocenters. The first kappa shape index (κ1) is 15.0. The SMILES string of the molecule is NS(=O)(=O)CC1CC(=O)N(c2cccc3c2OC(F)(F)O3)C1. The Bertz CT molecular complexity index is 737. The molecule has 0 aromatic heterocycles. The van der Waals surface area contributed by atoms with Gasteiger partial charge < -0.3 is 14.4 Å². The Hall–Kier alpha value is -1.94. The number of halogens is 2. The van der Waals surface area contributed by atoms with Gasteiger partial charge in [-0.3, -0.25) is 4.79 Å². The lowest BCUT2D eigenvalue weighted by atomic mass is 10.1. The molecule has 2 N–H and O–H groups in total. The predicted molar refractivity (Wildman–Crippen MR) is 71.1 cm³/mol. The number of nitrogens with two attached hydrogens (primary N) is 1. The van der Waals surface area contributed by atoms with Crippen LogP contribution in [0.5, 0.6) is 11.5 Å². The lowest BCUT2D eigenvalue weighted by Crippen LogP contribution is -2.29. The number of benzene rings is 1. The van der Waals surface area contributed by atoms with Gasteiger partial charge in [-0.25, -0.2) is 13.6 Å². The summed E-state index contributed by atoms with van der Waals surface area (Å²) in [4.78, 5) is 13.2. The second kappa shape index (κ2) is 4.78. The Balaban J connectivity index is 1.88. The number of fused-ring (bicyclic) bond motifs is 1. The number of sulfonamides is 1. The van der Waals surface area contributed by atoms with E-state index in [0.717, 1.165) is 0 Å². The zero-order chi connectivity index (χ0) is 16.1. The second-order valence-corrected chi connectivity index (χ2v) is 6.83. The number of rotatable bonds is 3. The first-order chi connectivity index (χ1) is 10.1. The number of carbonyl (C=O) groups is 1. The molecule has 0 aliphatic carbocycles. The van der Waals surface area contributed by atoms with Gasteiger partial charge in [-0.1, -0.05) is 6.07 Å². The fourth-order valence-electron chi connectivity index (χ4n) is 2.62. The molecule has 2 aliphatic rings. The number of para-hydroxylation sites is 1. The van der Waals surface area contributed by atoms with Crippen LogP contribution in [0.15, 0.2) is 18.2 Å². The van der Waals surface area contributed by atoms with Gasteiger partial charge >= 0.3 is 6.29 Å². The van der Waals surface area contributed by atoms with Crippen LogP contribution < -0.4 is 19.5 Å². The van der Waals surface area contributed by atoms with Crippen molar-refractivity contribution in [3.8, 4) is 11.5 Å². The van der Waals surface area contributed by atoms with Gasteiger partial charge in [-0.05, 0) is 12.1 Å². The number of amides is 1. The zero-order valence-corrected chi connectivity index (χ0v) is 12.0. The molecule has 10 heteroatoms.